The molecule has 14 heavy (non-hydrogen) atoms. The summed E-state index contributed by atoms with van der Waals surface area (Å²) in [6, 6.07) is 0. The third-order valence-corrected chi connectivity index (χ3v) is 3.01. The van der Waals surface area contributed by atoms with Crippen LogP contribution in [0.2, 0.25) is 0 Å². The van der Waals surface area contributed by atoms with Crippen molar-refractivity contribution in [2.75, 3.05) is 26.2 Å². The highest BCUT2D eigenvalue weighted by Gasteiger charge is 2.37. The van der Waals surface area contributed by atoms with Crippen LogP contribution in [0, 0.1) is 5.41 Å². The van der Waals surface area contributed by atoms with Gasteiger partial charge in [-0.15, -0.1) is 0 Å². The van der Waals surface area contributed by atoms with Gasteiger partial charge in [0.25, 0.3) is 0 Å². The van der Waals surface area contributed by atoms with Gasteiger partial charge in [-0.2, -0.15) is 0 Å². The van der Waals surface area contributed by atoms with E-state index in [1.54, 1.807) is 0 Å². The maximum atomic E-state index is 11.6. The van der Waals surface area contributed by atoms with Gasteiger partial charge in [0.1, 0.15) is 6.10 Å². The first kappa shape index (κ1) is 9.93. The van der Waals surface area contributed by atoms with Crippen molar-refractivity contribution in [2.24, 2.45) is 5.41 Å². The lowest BCUT2D eigenvalue weighted by atomic mass is 10.1. The van der Waals surface area contributed by atoms with Gasteiger partial charge in [0, 0.05) is 19.6 Å². The molecule has 4 nitrogen and oxygen atoms in total. The van der Waals surface area contributed by atoms with Gasteiger partial charge in [0.05, 0.1) is 6.61 Å². The number of carbonyl (C=O) groups excluding carboxylic acids is 1. The molecule has 1 aliphatic carbocycles. The van der Waals surface area contributed by atoms with Crippen LogP contribution in [0.1, 0.15) is 19.8 Å². The zero-order valence-corrected chi connectivity index (χ0v) is 8.64. The van der Waals surface area contributed by atoms with E-state index in [1.807, 2.05) is 0 Å². The Labute approximate surface area is 84.4 Å². The number of carbonyl (C=O) groups is 1. The smallest absolute Gasteiger partial charge is 0.250 e. The standard InChI is InChI=1S/C10H18N2O2/c1-10(2-3-10)7-12-9(13)8-6-11-4-5-14-8/h8,11H,2-7H2,1H3,(H,12,13)/t8-/m1/s1. The van der Waals surface area contributed by atoms with Crippen molar-refractivity contribution < 1.29 is 9.53 Å². The number of nitrogens with one attached hydrogen (secondary N) is 2. The molecule has 1 heterocycles. The van der Waals surface area contributed by atoms with Crippen LogP contribution in [-0.2, 0) is 9.53 Å². The molecule has 1 aliphatic heterocycles. The normalized spacial score (nSPS) is 29.6. The van der Waals surface area contributed by atoms with E-state index in [2.05, 4.69) is 17.6 Å². The van der Waals surface area contributed by atoms with Crippen LogP contribution in [0.4, 0.5) is 0 Å². The predicted octanol–water partition coefficient (Wildman–Crippen LogP) is -0.109. The van der Waals surface area contributed by atoms with E-state index in [1.165, 1.54) is 12.8 Å². The van der Waals surface area contributed by atoms with E-state index in [-0.39, 0.29) is 12.0 Å². The molecular weight excluding hydrogens is 180 g/mol. The van der Waals surface area contributed by atoms with E-state index in [0.717, 1.165) is 13.1 Å². The number of hydrogen-bond acceptors (Lipinski definition) is 3. The number of hydrogen-bond donors (Lipinski definition) is 2. The third kappa shape index (κ3) is 2.45. The molecule has 0 aromatic carbocycles. The molecule has 1 atom stereocenters. The molecule has 1 saturated heterocycles. The second-order valence-electron chi connectivity index (χ2n) is 4.59. The molecule has 0 radical (unpaired) electrons. The Kier molecular flexibility index (Phi) is 2.74. The fraction of sp³-hybridized carbons (Fsp3) is 0.900. The average Bonchev–Trinajstić information content (AvgIpc) is 2.95. The average molecular weight is 198 g/mol. The van der Waals surface area contributed by atoms with E-state index >= 15 is 0 Å². The van der Waals surface area contributed by atoms with Gasteiger partial charge in [-0.1, -0.05) is 6.92 Å². The van der Waals surface area contributed by atoms with Crippen LogP contribution in [0.3, 0.4) is 0 Å². The Balaban J connectivity index is 1.71. The van der Waals surface area contributed by atoms with Gasteiger partial charge in [0.2, 0.25) is 5.91 Å². The first-order valence-corrected chi connectivity index (χ1v) is 5.30. The molecule has 1 saturated carbocycles. The van der Waals surface area contributed by atoms with Crippen molar-refractivity contribution in [3.8, 4) is 0 Å². The second-order valence-corrected chi connectivity index (χ2v) is 4.59. The predicted molar refractivity (Wildman–Crippen MR) is 53.0 cm³/mol. The Hall–Kier alpha value is -0.610. The zero-order chi connectivity index (χ0) is 10.0. The van der Waals surface area contributed by atoms with E-state index in [4.69, 9.17) is 4.74 Å². The molecule has 0 bridgehead atoms. The second kappa shape index (κ2) is 3.87. The van der Waals surface area contributed by atoms with E-state index in [0.29, 0.717) is 18.6 Å². The minimum Gasteiger partial charge on any atom is -0.366 e. The molecule has 1 amide bonds. The first-order valence-electron chi connectivity index (χ1n) is 5.30. The quantitative estimate of drug-likeness (QED) is 0.665. The summed E-state index contributed by atoms with van der Waals surface area (Å²) in [4.78, 5) is 11.6. The van der Waals surface area contributed by atoms with Crippen molar-refractivity contribution in [2.45, 2.75) is 25.9 Å². The molecule has 0 unspecified atom stereocenters. The summed E-state index contributed by atoms with van der Waals surface area (Å²) in [7, 11) is 0. The zero-order valence-electron chi connectivity index (χ0n) is 8.64. The van der Waals surface area contributed by atoms with Gasteiger partial charge >= 0.3 is 0 Å². The van der Waals surface area contributed by atoms with Gasteiger partial charge in [-0.05, 0) is 18.3 Å². The largest absolute Gasteiger partial charge is 0.366 e. The summed E-state index contributed by atoms with van der Waals surface area (Å²) in [5.41, 5.74) is 0.373. The minimum absolute atomic E-state index is 0.0327. The Morgan fingerprint density at radius 2 is 2.43 bits per heavy atom. The van der Waals surface area contributed by atoms with Gasteiger partial charge in [0.15, 0.2) is 0 Å². The first-order chi connectivity index (χ1) is 6.70. The molecule has 0 spiro atoms. The lowest BCUT2D eigenvalue weighted by Gasteiger charge is -2.23. The molecule has 2 rings (SSSR count). The van der Waals surface area contributed by atoms with Gasteiger partial charge in [-0.25, -0.2) is 0 Å². The van der Waals surface area contributed by atoms with Crippen molar-refractivity contribution in [3.05, 3.63) is 0 Å². The number of morpholine rings is 1. The van der Waals surface area contributed by atoms with Crippen LogP contribution < -0.4 is 10.6 Å². The number of rotatable bonds is 3. The Morgan fingerprint density at radius 3 is 3.00 bits per heavy atom. The number of amides is 1. The molecule has 2 N–H and O–H groups in total. The monoisotopic (exact) mass is 198 g/mol. The summed E-state index contributed by atoms with van der Waals surface area (Å²) < 4.78 is 5.35. The van der Waals surface area contributed by atoms with Crippen LogP contribution in [0.25, 0.3) is 0 Å². The summed E-state index contributed by atoms with van der Waals surface area (Å²) in [6.07, 6.45) is 2.18. The molecule has 0 aromatic heterocycles. The molecular formula is C10H18N2O2. The van der Waals surface area contributed by atoms with E-state index < -0.39 is 0 Å². The molecule has 2 fully saturated rings. The third-order valence-electron chi connectivity index (χ3n) is 3.01. The highest BCUT2D eigenvalue weighted by Crippen LogP contribution is 2.43. The van der Waals surface area contributed by atoms with Gasteiger partial charge in [-0.3, -0.25) is 4.79 Å². The van der Waals surface area contributed by atoms with Crippen LogP contribution in [0.15, 0.2) is 0 Å². The number of ether oxygens (including phenoxy) is 1. The molecule has 4 heteroatoms. The fourth-order valence-corrected chi connectivity index (χ4v) is 1.54. The van der Waals surface area contributed by atoms with Crippen molar-refractivity contribution >= 4 is 5.91 Å². The Morgan fingerprint density at radius 1 is 1.64 bits per heavy atom. The lowest BCUT2D eigenvalue weighted by Crippen LogP contribution is -2.48. The SMILES string of the molecule is CC1(CNC(=O)[C@H]2CNCCO2)CC1. The van der Waals surface area contributed by atoms with Crippen molar-refractivity contribution in [3.63, 3.8) is 0 Å². The lowest BCUT2D eigenvalue weighted by molar-refractivity contribution is -0.134. The topological polar surface area (TPSA) is 50.4 Å². The molecule has 2 aliphatic rings. The van der Waals surface area contributed by atoms with Crippen LogP contribution in [-0.4, -0.2) is 38.3 Å². The summed E-state index contributed by atoms with van der Waals surface area (Å²) >= 11 is 0. The van der Waals surface area contributed by atoms with Crippen LogP contribution in [0.5, 0.6) is 0 Å². The molecule has 80 valence electrons. The molecule has 0 aromatic rings. The summed E-state index contributed by atoms with van der Waals surface area (Å²) in [6.45, 7) is 5.12. The van der Waals surface area contributed by atoms with Crippen molar-refractivity contribution in [1.29, 1.82) is 0 Å². The highest BCUT2D eigenvalue weighted by atomic mass is 16.5. The minimum atomic E-state index is -0.286. The van der Waals surface area contributed by atoms with Crippen LogP contribution >= 0.6 is 0 Å². The fourth-order valence-electron chi connectivity index (χ4n) is 1.54. The van der Waals surface area contributed by atoms with Crippen molar-refractivity contribution in [1.82, 2.24) is 10.6 Å². The highest BCUT2D eigenvalue weighted by molar-refractivity contribution is 5.81. The summed E-state index contributed by atoms with van der Waals surface area (Å²) in [5, 5.41) is 6.09. The Bertz CT molecular complexity index is 220. The summed E-state index contributed by atoms with van der Waals surface area (Å²) in [5.74, 6) is 0.0327. The maximum Gasteiger partial charge on any atom is 0.250 e. The van der Waals surface area contributed by atoms with E-state index in [9.17, 15) is 4.79 Å². The van der Waals surface area contributed by atoms with Gasteiger partial charge < -0.3 is 15.4 Å². The maximum absolute atomic E-state index is 11.6.